The van der Waals surface area contributed by atoms with Crippen LogP contribution >= 0.6 is 0 Å². The molecule has 0 aromatic carbocycles. The predicted molar refractivity (Wildman–Crippen MR) is 93.3 cm³/mol. The monoisotopic (exact) mass is 328 g/mol. The summed E-state index contributed by atoms with van der Waals surface area (Å²) in [6, 6.07) is 0. The first-order valence-electron chi connectivity index (χ1n) is 8.69. The standard InChI is InChI=1S/C18H32O3S/c1-4-5-6-7-8-9-10-13-16-21-22(19,20)18(3)15-12-11-14-17(18)2/h11-12,14-15,17H,4-10,13,16H2,1-3H3. The topological polar surface area (TPSA) is 43.4 Å². The van der Waals surface area contributed by atoms with Gasteiger partial charge in [-0.05, 0) is 19.3 Å². The largest absolute Gasteiger partial charge is 0.277 e. The molecule has 128 valence electrons. The highest BCUT2D eigenvalue weighted by Gasteiger charge is 2.42. The van der Waals surface area contributed by atoms with E-state index >= 15 is 0 Å². The first-order valence-corrected chi connectivity index (χ1v) is 10.1. The van der Waals surface area contributed by atoms with Crippen LogP contribution in [0.5, 0.6) is 0 Å². The molecular formula is C18H32O3S. The van der Waals surface area contributed by atoms with Crippen LogP contribution in [-0.4, -0.2) is 19.8 Å². The second-order valence-electron chi connectivity index (χ2n) is 6.47. The van der Waals surface area contributed by atoms with Crippen LogP contribution in [0.25, 0.3) is 0 Å². The average molecular weight is 329 g/mol. The lowest BCUT2D eigenvalue weighted by Gasteiger charge is -2.31. The van der Waals surface area contributed by atoms with E-state index < -0.39 is 14.9 Å². The van der Waals surface area contributed by atoms with E-state index in [2.05, 4.69) is 6.92 Å². The van der Waals surface area contributed by atoms with Crippen molar-refractivity contribution in [3.05, 3.63) is 24.3 Å². The zero-order valence-electron chi connectivity index (χ0n) is 14.4. The van der Waals surface area contributed by atoms with Crippen LogP contribution in [0, 0.1) is 5.92 Å². The van der Waals surface area contributed by atoms with Gasteiger partial charge in [-0.1, -0.05) is 83.1 Å². The fourth-order valence-electron chi connectivity index (χ4n) is 2.66. The highest BCUT2D eigenvalue weighted by atomic mass is 32.2. The third kappa shape index (κ3) is 5.54. The second kappa shape index (κ2) is 9.51. The quantitative estimate of drug-likeness (QED) is 0.396. The zero-order valence-corrected chi connectivity index (χ0v) is 15.2. The number of hydrogen-bond donors (Lipinski definition) is 0. The van der Waals surface area contributed by atoms with Gasteiger partial charge < -0.3 is 0 Å². The summed E-state index contributed by atoms with van der Waals surface area (Å²) in [5, 5.41) is 0. The third-order valence-corrected chi connectivity index (χ3v) is 6.68. The number of unbranched alkanes of at least 4 members (excludes halogenated alkanes) is 7. The van der Waals surface area contributed by atoms with Crippen molar-refractivity contribution in [2.45, 2.75) is 76.9 Å². The van der Waals surface area contributed by atoms with Gasteiger partial charge in [-0.2, -0.15) is 8.42 Å². The maximum atomic E-state index is 12.4. The predicted octanol–water partition coefficient (Wildman–Crippen LogP) is 4.99. The van der Waals surface area contributed by atoms with Crippen LogP contribution < -0.4 is 0 Å². The summed E-state index contributed by atoms with van der Waals surface area (Å²) in [4.78, 5) is 0. The Kier molecular flexibility index (Phi) is 8.40. The van der Waals surface area contributed by atoms with Gasteiger partial charge in [0.15, 0.2) is 0 Å². The van der Waals surface area contributed by atoms with E-state index in [1.165, 1.54) is 38.5 Å². The Morgan fingerprint density at radius 3 is 2.18 bits per heavy atom. The summed E-state index contributed by atoms with van der Waals surface area (Å²) >= 11 is 0. The van der Waals surface area contributed by atoms with Crippen LogP contribution in [0.1, 0.15) is 72.1 Å². The minimum Gasteiger partial charge on any atom is -0.269 e. The fourth-order valence-corrected chi connectivity index (χ4v) is 4.03. The summed E-state index contributed by atoms with van der Waals surface area (Å²) in [5.74, 6) is -0.0685. The van der Waals surface area contributed by atoms with Gasteiger partial charge in [0, 0.05) is 0 Å². The molecule has 4 heteroatoms. The molecule has 1 aliphatic rings. The van der Waals surface area contributed by atoms with Crippen molar-refractivity contribution in [2.24, 2.45) is 5.92 Å². The van der Waals surface area contributed by atoms with Gasteiger partial charge in [-0.25, -0.2) is 0 Å². The summed E-state index contributed by atoms with van der Waals surface area (Å²) in [5.41, 5.74) is 0. The van der Waals surface area contributed by atoms with E-state index in [4.69, 9.17) is 4.18 Å². The molecule has 0 spiro atoms. The molecule has 2 atom stereocenters. The second-order valence-corrected chi connectivity index (χ2v) is 8.49. The molecule has 0 aromatic heterocycles. The molecule has 0 saturated heterocycles. The smallest absolute Gasteiger partial charge is 0.269 e. The van der Waals surface area contributed by atoms with Gasteiger partial charge in [0.25, 0.3) is 10.1 Å². The van der Waals surface area contributed by atoms with E-state index in [-0.39, 0.29) is 5.92 Å². The maximum absolute atomic E-state index is 12.4. The number of allylic oxidation sites excluding steroid dienone is 3. The lowest BCUT2D eigenvalue weighted by atomic mass is 9.91. The number of hydrogen-bond acceptors (Lipinski definition) is 3. The molecule has 0 radical (unpaired) electrons. The fraction of sp³-hybridized carbons (Fsp3) is 0.778. The summed E-state index contributed by atoms with van der Waals surface area (Å²) in [7, 11) is -3.57. The molecule has 1 aliphatic carbocycles. The Hall–Kier alpha value is -0.610. The first-order chi connectivity index (χ1) is 10.4. The highest BCUT2D eigenvalue weighted by molar-refractivity contribution is 7.88. The van der Waals surface area contributed by atoms with Gasteiger partial charge in [0.05, 0.1) is 6.61 Å². The Labute approximate surface area is 137 Å². The molecule has 0 fully saturated rings. The average Bonchev–Trinajstić information content (AvgIpc) is 2.48. The molecule has 3 nitrogen and oxygen atoms in total. The van der Waals surface area contributed by atoms with Gasteiger partial charge in [-0.15, -0.1) is 0 Å². The van der Waals surface area contributed by atoms with Crippen molar-refractivity contribution in [1.29, 1.82) is 0 Å². The molecule has 22 heavy (non-hydrogen) atoms. The summed E-state index contributed by atoms with van der Waals surface area (Å²) < 4.78 is 29.2. The minimum absolute atomic E-state index is 0.0685. The van der Waals surface area contributed by atoms with Gasteiger partial charge in [-0.3, -0.25) is 4.18 Å². The lowest BCUT2D eigenvalue weighted by Crippen LogP contribution is -2.41. The van der Waals surface area contributed by atoms with Crippen LogP contribution in [-0.2, 0) is 14.3 Å². The molecule has 0 aliphatic heterocycles. The van der Waals surface area contributed by atoms with Crippen molar-refractivity contribution in [3.63, 3.8) is 0 Å². The minimum atomic E-state index is -3.57. The van der Waals surface area contributed by atoms with Crippen molar-refractivity contribution in [3.8, 4) is 0 Å². The van der Waals surface area contributed by atoms with E-state index in [0.29, 0.717) is 6.61 Å². The molecule has 1 rings (SSSR count). The van der Waals surface area contributed by atoms with Crippen LogP contribution in [0.2, 0.25) is 0 Å². The van der Waals surface area contributed by atoms with Crippen LogP contribution in [0.15, 0.2) is 24.3 Å². The van der Waals surface area contributed by atoms with Gasteiger partial charge in [0.2, 0.25) is 0 Å². The Morgan fingerprint density at radius 2 is 1.59 bits per heavy atom. The number of rotatable bonds is 11. The Balaban J connectivity index is 2.24. The van der Waals surface area contributed by atoms with Gasteiger partial charge >= 0.3 is 0 Å². The SMILES string of the molecule is CCCCCCCCCCOS(=O)(=O)C1(C)C=CC=CC1C. The molecule has 0 heterocycles. The van der Waals surface area contributed by atoms with Crippen LogP contribution in [0.4, 0.5) is 0 Å². The molecule has 0 saturated carbocycles. The first kappa shape index (κ1) is 19.4. The van der Waals surface area contributed by atoms with E-state index in [1.807, 2.05) is 19.1 Å². The van der Waals surface area contributed by atoms with Crippen LogP contribution in [0.3, 0.4) is 0 Å². The van der Waals surface area contributed by atoms with Crippen molar-refractivity contribution >= 4 is 10.1 Å². The zero-order chi connectivity index (χ0) is 16.5. The Morgan fingerprint density at radius 1 is 1.00 bits per heavy atom. The Bertz CT molecular complexity index is 465. The highest BCUT2D eigenvalue weighted by Crippen LogP contribution is 2.33. The normalized spacial score (nSPS) is 24.8. The summed E-state index contributed by atoms with van der Waals surface area (Å²) in [6.45, 7) is 6.17. The maximum Gasteiger partial charge on any atom is 0.277 e. The molecule has 0 N–H and O–H groups in total. The molecular weight excluding hydrogens is 296 g/mol. The molecule has 0 aromatic rings. The van der Waals surface area contributed by atoms with Crippen molar-refractivity contribution in [2.75, 3.05) is 6.61 Å². The molecule has 0 amide bonds. The van der Waals surface area contributed by atoms with E-state index in [9.17, 15) is 8.42 Å². The summed E-state index contributed by atoms with van der Waals surface area (Å²) in [6.07, 6.45) is 16.8. The van der Waals surface area contributed by atoms with E-state index in [0.717, 1.165) is 12.8 Å². The van der Waals surface area contributed by atoms with E-state index in [1.54, 1.807) is 19.1 Å². The van der Waals surface area contributed by atoms with Crippen molar-refractivity contribution in [1.82, 2.24) is 0 Å². The van der Waals surface area contributed by atoms with Crippen molar-refractivity contribution < 1.29 is 12.6 Å². The molecule has 2 unspecified atom stereocenters. The molecule has 0 bridgehead atoms. The lowest BCUT2D eigenvalue weighted by molar-refractivity contribution is 0.288. The van der Waals surface area contributed by atoms with Gasteiger partial charge in [0.1, 0.15) is 4.75 Å². The third-order valence-electron chi connectivity index (χ3n) is 4.62.